The summed E-state index contributed by atoms with van der Waals surface area (Å²) >= 11 is 0. The van der Waals surface area contributed by atoms with Gasteiger partial charge in [0.2, 0.25) is 0 Å². The van der Waals surface area contributed by atoms with Crippen LogP contribution < -0.4 is 0 Å². The molecule has 0 spiro atoms. The fourth-order valence-corrected chi connectivity index (χ4v) is 10.3. The molecule has 0 aromatic heterocycles. The van der Waals surface area contributed by atoms with Crippen LogP contribution in [0.25, 0.3) is 0 Å². The molecule has 40 heavy (non-hydrogen) atoms. The molecule has 0 bridgehead atoms. The third-order valence-corrected chi connectivity index (χ3v) is 12.4. The Labute approximate surface area is 234 Å². The van der Waals surface area contributed by atoms with Crippen LogP contribution in [0, 0.1) is 33.5 Å². The van der Waals surface area contributed by atoms with Gasteiger partial charge in [0.05, 0.1) is 11.5 Å². The SMILES string of the molecule is C[C@]12C[C@H](O)[C@@]3(F)[C@@H](C[C@H](F)C4=CC(=O)C=C[C@@]43C)[C@]1(C)C[C@H]1CN(CCCc3ccccc3)C[C@]12C(=O)CF. The van der Waals surface area contributed by atoms with Crippen LogP contribution in [-0.4, -0.2) is 65.8 Å². The van der Waals surface area contributed by atoms with E-state index in [1.165, 1.54) is 23.8 Å². The smallest absolute Gasteiger partial charge is 0.178 e. The van der Waals surface area contributed by atoms with E-state index in [9.17, 15) is 19.1 Å². The van der Waals surface area contributed by atoms with Crippen molar-refractivity contribution in [2.24, 2.45) is 33.5 Å². The van der Waals surface area contributed by atoms with Gasteiger partial charge in [0.15, 0.2) is 17.2 Å². The van der Waals surface area contributed by atoms with Crippen molar-refractivity contribution in [1.82, 2.24) is 4.90 Å². The maximum Gasteiger partial charge on any atom is 0.178 e. The monoisotopic (exact) mass is 555 g/mol. The number of ketones is 2. The number of carbonyl (C=O) groups excluding carboxylic acids is 2. The Morgan fingerprint density at radius 3 is 2.58 bits per heavy atom. The largest absolute Gasteiger partial charge is 0.390 e. The zero-order valence-corrected chi connectivity index (χ0v) is 23.6. The van der Waals surface area contributed by atoms with Gasteiger partial charge in [-0.05, 0) is 85.6 Å². The molecule has 7 heteroatoms. The summed E-state index contributed by atoms with van der Waals surface area (Å²) in [5.41, 5.74) is -5.22. The number of Topliss-reactive ketones (excluding diaryl/α,β-unsaturated/α-hetero) is 1. The van der Waals surface area contributed by atoms with Crippen molar-refractivity contribution < 1.29 is 27.9 Å². The number of aliphatic hydroxyl groups is 1. The van der Waals surface area contributed by atoms with Crippen LogP contribution in [0.1, 0.15) is 52.0 Å². The molecule has 1 heterocycles. The number of fused-ring (bicyclic) bond motifs is 7. The molecule has 216 valence electrons. The first-order chi connectivity index (χ1) is 18.9. The summed E-state index contributed by atoms with van der Waals surface area (Å²) < 4.78 is 48.0. The van der Waals surface area contributed by atoms with E-state index in [0.29, 0.717) is 19.5 Å². The molecule has 1 N–H and O–H groups in total. The van der Waals surface area contributed by atoms with E-state index in [1.54, 1.807) is 6.92 Å². The van der Waals surface area contributed by atoms with Gasteiger partial charge in [-0.3, -0.25) is 9.59 Å². The number of allylic oxidation sites excluding steroid dienone is 4. The van der Waals surface area contributed by atoms with Crippen LogP contribution in [0.2, 0.25) is 0 Å². The Hall–Kier alpha value is -2.25. The first kappa shape index (κ1) is 27.9. The maximum absolute atomic E-state index is 17.7. The quantitative estimate of drug-likeness (QED) is 0.511. The van der Waals surface area contributed by atoms with Gasteiger partial charge >= 0.3 is 0 Å². The molecule has 0 unspecified atom stereocenters. The van der Waals surface area contributed by atoms with E-state index in [1.807, 2.05) is 32.0 Å². The van der Waals surface area contributed by atoms with Gasteiger partial charge < -0.3 is 10.0 Å². The van der Waals surface area contributed by atoms with E-state index in [0.717, 1.165) is 19.4 Å². The molecule has 1 aromatic carbocycles. The minimum Gasteiger partial charge on any atom is -0.390 e. The molecule has 3 saturated carbocycles. The number of benzene rings is 1. The summed E-state index contributed by atoms with van der Waals surface area (Å²) in [5, 5.41) is 11.7. The molecule has 0 amide bonds. The highest BCUT2D eigenvalue weighted by Gasteiger charge is 2.82. The molecule has 1 aromatic rings. The first-order valence-electron chi connectivity index (χ1n) is 14.7. The van der Waals surface area contributed by atoms with Crippen LogP contribution in [0.3, 0.4) is 0 Å². The Morgan fingerprint density at radius 1 is 1.15 bits per heavy atom. The summed E-state index contributed by atoms with van der Waals surface area (Å²) in [6.45, 7) is 6.09. The highest BCUT2D eigenvalue weighted by molar-refractivity contribution is 6.01. The second kappa shape index (κ2) is 9.12. The molecule has 0 radical (unpaired) electrons. The lowest BCUT2D eigenvalue weighted by Crippen LogP contribution is -2.72. The average molecular weight is 556 g/mol. The molecule has 9 atom stereocenters. The number of nitrogens with zero attached hydrogens (tertiary/aromatic N) is 1. The average Bonchev–Trinajstić information content (AvgIpc) is 3.37. The number of carbonyl (C=O) groups is 2. The van der Waals surface area contributed by atoms with Crippen molar-refractivity contribution in [3.8, 4) is 0 Å². The Bertz CT molecular complexity index is 1280. The van der Waals surface area contributed by atoms with Crippen LogP contribution >= 0.6 is 0 Å². The molecule has 4 aliphatic carbocycles. The predicted molar refractivity (Wildman–Crippen MR) is 147 cm³/mol. The van der Waals surface area contributed by atoms with Crippen LogP contribution in [0.15, 0.2) is 54.1 Å². The summed E-state index contributed by atoms with van der Waals surface area (Å²) in [6.07, 6.45) is 2.94. The number of rotatable bonds is 6. The second-order valence-electron chi connectivity index (χ2n) is 13.8. The number of alkyl halides is 3. The molecular weight excluding hydrogens is 515 g/mol. The van der Waals surface area contributed by atoms with Crippen LogP contribution in [-0.2, 0) is 16.0 Å². The van der Waals surface area contributed by atoms with E-state index in [-0.39, 0.29) is 30.1 Å². The Kier molecular flexibility index (Phi) is 6.36. The minimum absolute atomic E-state index is 0.0157. The van der Waals surface area contributed by atoms with E-state index in [2.05, 4.69) is 17.0 Å². The predicted octanol–water partition coefficient (Wildman–Crippen LogP) is 5.39. The fourth-order valence-electron chi connectivity index (χ4n) is 10.3. The van der Waals surface area contributed by atoms with Gasteiger partial charge in [-0.2, -0.15) is 0 Å². The molecule has 4 fully saturated rings. The first-order valence-corrected chi connectivity index (χ1v) is 14.7. The number of aryl methyl sites for hydroxylation is 1. The van der Waals surface area contributed by atoms with Crippen molar-refractivity contribution in [2.45, 2.75) is 70.8 Å². The van der Waals surface area contributed by atoms with Crippen molar-refractivity contribution in [1.29, 1.82) is 0 Å². The summed E-state index contributed by atoms with van der Waals surface area (Å²) in [4.78, 5) is 28.1. The summed E-state index contributed by atoms with van der Waals surface area (Å²) in [6, 6.07) is 10.2. The number of aliphatic hydroxyl groups excluding tert-OH is 1. The maximum atomic E-state index is 17.7. The van der Waals surface area contributed by atoms with E-state index >= 15 is 8.78 Å². The topological polar surface area (TPSA) is 57.6 Å². The lowest BCUT2D eigenvalue weighted by molar-refractivity contribution is -0.242. The van der Waals surface area contributed by atoms with E-state index < -0.39 is 58.0 Å². The second-order valence-corrected chi connectivity index (χ2v) is 13.8. The number of likely N-dealkylation sites (tertiary alicyclic amines) is 1. The highest BCUT2D eigenvalue weighted by atomic mass is 19.1. The molecule has 1 saturated heterocycles. The minimum atomic E-state index is -2.22. The Morgan fingerprint density at radius 2 is 1.88 bits per heavy atom. The Balaban J connectivity index is 1.35. The molecule has 5 aliphatic rings. The third kappa shape index (κ3) is 3.34. The van der Waals surface area contributed by atoms with Crippen LogP contribution in [0.5, 0.6) is 0 Å². The molecule has 1 aliphatic heterocycles. The van der Waals surface area contributed by atoms with Crippen molar-refractivity contribution in [3.05, 3.63) is 59.7 Å². The molecule has 6 rings (SSSR count). The number of hydrogen-bond acceptors (Lipinski definition) is 4. The normalized spacial score (nSPS) is 45.9. The lowest BCUT2D eigenvalue weighted by Gasteiger charge is -2.67. The van der Waals surface area contributed by atoms with Crippen molar-refractivity contribution >= 4 is 11.6 Å². The number of halogens is 3. The standard InChI is InChI=1S/C33H40F3NO3/c1-29-12-11-23(38)14-24(29)25(35)15-26-30(2)16-22-19-37(13-7-10-21-8-5-4-6-9-21)20-32(22,28(40)18-34)31(30,3)17-27(39)33(26,29)36/h4-6,8-9,11-12,14,22,25-27,39H,7,10,13,15-20H2,1-3H3/t22-,25-,26-,27-,29-,30-,31-,32+,33-/m0/s1. The lowest BCUT2D eigenvalue weighted by atomic mass is 9.38. The summed E-state index contributed by atoms with van der Waals surface area (Å²) in [7, 11) is 0. The summed E-state index contributed by atoms with van der Waals surface area (Å²) in [5.74, 6) is -1.96. The number of hydrogen-bond donors (Lipinski definition) is 1. The van der Waals surface area contributed by atoms with Gasteiger partial charge in [-0.25, -0.2) is 13.2 Å². The van der Waals surface area contributed by atoms with Gasteiger partial charge in [0.1, 0.15) is 12.8 Å². The third-order valence-electron chi connectivity index (χ3n) is 12.4. The molecule has 4 nitrogen and oxygen atoms in total. The van der Waals surface area contributed by atoms with Crippen molar-refractivity contribution in [3.63, 3.8) is 0 Å². The van der Waals surface area contributed by atoms with Gasteiger partial charge in [0.25, 0.3) is 0 Å². The highest BCUT2D eigenvalue weighted by Crippen LogP contribution is 2.79. The van der Waals surface area contributed by atoms with Crippen molar-refractivity contribution in [2.75, 3.05) is 26.3 Å². The zero-order chi connectivity index (χ0) is 28.7. The molecular formula is C33H40F3NO3. The van der Waals surface area contributed by atoms with Gasteiger partial charge in [-0.1, -0.05) is 50.3 Å². The fraction of sp³-hybridized carbons (Fsp3) is 0.636. The van der Waals surface area contributed by atoms with Gasteiger partial charge in [-0.15, -0.1) is 0 Å². The van der Waals surface area contributed by atoms with Gasteiger partial charge in [0, 0.05) is 24.4 Å². The van der Waals surface area contributed by atoms with Crippen LogP contribution in [0.4, 0.5) is 13.2 Å². The van der Waals surface area contributed by atoms with E-state index in [4.69, 9.17) is 0 Å². The zero-order valence-electron chi connectivity index (χ0n) is 23.6.